The molecule has 0 saturated carbocycles. The predicted molar refractivity (Wildman–Crippen MR) is 99.3 cm³/mol. The van der Waals surface area contributed by atoms with E-state index in [0.717, 1.165) is 6.42 Å². The second kappa shape index (κ2) is 8.91. The molecule has 0 unspecified atom stereocenters. The Morgan fingerprint density at radius 1 is 1.25 bits per heavy atom. The van der Waals surface area contributed by atoms with Crippen molar-refractivity contribution in [1.29, 1.82) is 0 Å². The third-order valence-corrected chi connectivity index (χ3v) is 3.84. The molecule has 10 nitrogen and oxygen atoms in total. The standard InChI is InChI=1S/C18H19N5O5/c1-2-9-22(12-17-20-21-18(28-17)15-8-5-10-27-15)11-16(24)19-13-6-3-4-7-14(13)23(25)26/h3-8,10H,2,9,11-12H2,1H3,(H,19,24). The zero-order valence-corrected chi connectivity index (χ0v) is 15.2. The number of aromatic nitrogens is 2. The van der Waals surface area contributed by atoms with Crippen molar-refractivity contribution >= 4 is 17.3 Å². The first-order valence-corrected chi connectivity index (χ1v) is 8.68. The molecule has 0 fully saturated rings. The molecule has 2 aromatic heterocycles. The van der Waals surface area contributed by atoms with Gasteiger partial charge in [0.15, 0.2) is 5.76 Å². The van der Waals surface area contributed by atoms with Crippen molar-refractivity contribution in [1.82, 2.24) is 15.1 Å². The Morgan fingerprint density at radius 3 is 2.79 bits per heavy atom. The fourth-order valence-corrected chi connectivity index (χ4v) is 2.67. The normalized spacial score (nSPS) is 10.9. The Kier molecular flexibility index (Phi) is 6.12. The first kappa shape index (κ1) is 19.2. The first-order chi connectivity index (χ1) is 13.6. The van der Waals surface area contributed by atoms with E-state index in [-0.39, 0.29) is 36.3 Å². The van der Waals surface area contributed by atoms with Crippen molar-refractivity contribution < 1.29 is 18.6 Å². The van der Waals surface area contributed by atoms with Crippen molar-refractivity contribution in [3.63, 3.8) is 0 Å². The molecule has 28 heavy (non-hydrogen) atoms. The Morgan fingerprint density at radius 2 is 2.07 bits per heavy atom. The lowest BCUT2D eigenvalue weighted by Gasteiger charge is -2.19. The van der Waals surface area contributed by atoms with Gasteiger partial charge in [-0.25, -0.2) is 0 Å². The Hall–Kier alpha value is -3.53. The SMILES string of the molecule is CCCN(CC(=O)Nc1ccccc1[N+](=O)[O-])Cc1nnc(-c2ccco2)o1. The summed E-state index contributed by atoms with van der Waals surface area (Å²) >= 11 is 0. The molecule has 0 spiro atoms. The topological polar surface area (TPSA) is 128 Å². The summed E-state index contributed by atoms with van der Waals surface area (Å²) < 4.78 is 10.8. The molecule has 0 aliphatic rings. The van der Waals surface area contributed by atoms with Gasteiger partial charge < -0.3 is 14.2 Å². The number of anilines is 1. The number of nitrogens with zero attached hydrogens (tertiary/aromatic N) is 4. The summed E-state index contributed by atoms with van der Waals surface area (Å²) in [4.78, 5) is 24.8. The van der Waals surface area contributed by atoms with Crippen LogP contribution in [0, 0.1) is 10.1 Å². The number of nitrogens with one attached hydrogen (secondary N) is 1. The maximum atomic E-state index is 12.4. The average molecular weight is 385 g/mol. The lowest BCUT2D eigenvalue weighted by Crippen LogP contribution is -2.33. The summed E-state index contributed by atoms with van der Waals surface area (Å²) in [7, 11) is 0. The fourth-order valence-electron chi connectivity index (χ4n) is 2.67. The van der Waals surface area contributed by atoms with E-state index in [9.17, 15) is 14.9 Å². The van der Waals surface area contributed by atoms with Gasteiger partial charge in [0.25, 0.3) is 11.6 Å². The maximum Gasteiger partial charge on any atom is 0.292 e. The fraction of sp³-hybridized carbons (Fsp3) is 0.278. The van der Waals surface area contributed by atoms with Gasteiger partial charge in [0.05, 0.1) is 24.3 Å². The number of hydrogen-bond acceptors (Lipinski definition) is 8. The van der Waals surface area contributed by atoms with Crippen molar-refractivity contribution in [2.45, 2.75) is 19.9 Å². The van der Waals surface area contributed by atoms with Crippen LogP contribution in [0.15, 0.2) is 51.5 Å². The average Bonchev–Trinajstić information content (AvgIpc) is 3.33. The molecule has 1 N–H and O–H groups in total. The molecule has 146 valence electrons. The number of carbonyl (C=O) groups is 1. The van der Waals surface area contributed by atoms with E-state index < -0.39 is 4.92 Å². The van der Waals surface area contributed by atoms with Crippen molar-refractivity contribution in [2.75, 3.05) is 18.4 Å². The highest BCUT2D eigenvalue weighted by atomic mass is 16.6. The molecule has 0 saturated heterocycles. The van der Waals surface area contributed by atoms with Crippen molar-refractivity contribution in [3.8, 4) is 11.7 Å². The van der Waals surface area contributed by atoms with Gasteiger partial charge in [-0.15, -0.1) is 10.2 Å². The molecule has 0 atom stereocenters. The second-order valence-electron chi connectivity index (χ2n) is 6.01. The van der Waals surface area contributed by atoms with Crippen LogP contribution in [-0.4, -0.2) is 39.0 Å². The van der Waals surface area contributed by atoms with Gasteiger partial charge in [0.1, 0.15) is 5.69 Å². The molecular weight excluding hydrogens is 366 g/mol. The van der Waals surface area contributed by atoms with Crippen LogP contribution < -0.4 is 5.32 Å². The van der Waals surface area contributed by atoms with E-state index in [1.54, 1.807) is 24.3 Å². The van der Waals surface area contributed by atoms with Crippen LogP contribution in [0.5, 0.6) is 0 Å². The monoisotopic (exact) mass is 385 g/mol. The van der Waals surface area contributed by atoms with Crippen LogP contribution in [-0.2, 0) is 11.3 Å². The number of nitro groups is 1. The van der Waals surface area contributed by atoms with Gasteiger partial charge in [0.2, 0.25) is 11.8 Å². The largest absolute Gasteiger partial charge is 0.459 e. The molecule has 2 heterocycles. The third-order valence-electron chi connectivity index (χ3n) is 3.84. The molecule has 3 rings (SSSR count). The van der Waals surface area contributed by atoms with Crippen LogP contribution in [0.1, 0.15) is 19.2 Å². The van der Waals surface area contributed by atoms with Crippen LogP contribution >= 0.6 is 0 Å². The first-order valence-electron chi connectivity index (χ1n) is 8.68. The molecule has 0 radical (unpaired) electrons. The molecule has 10 heteroatoms. The number of hydrogen-bond donors (Lipinski definition) is 1. The third kappa shape index (κ3) is 4.80. The summed E-state index contributed by atoms with van der Waals surface area (Å²) in [6.07, 6.45) is 2.31. The van der Waals surface area contributed by atoms with E-state index >= 15 is 0 Å². The van der Waals surface area contributed by atoms with Gasteiger partial charge in [-0.1, -0.05) is 19.1 Å². The van der Waals surface area contributed by atoms with E-state index in [4.69, 9.17) is 8.83 Å². The minimum Gasteiger partial charge on any atom is -0.459 e. The minimum atomic E-state index is -0.534. The summed E-state index contributed by atoms with van der Waals surface area (Å²) in [5.41, 5.74) is 0.00438. The molecule has 0 bridgehead atoms. The number of benzene rings is 1. The molecule has 0 aliphatic carbocycles. The summed E-state index contributed by atoms with van der Waals surface area (Å²) in [6.45, 7) is 2.89. The van der Waals surface area contributed by atoms with Gasteiger partial charge in [-0.2, -0.15) is 0 Å². The Bertz CT molecular complexity index is 938. The zero-order valence-electron chi connectivity index (χ0n) is 15.2. The Balaban J connectivity index is 1.64. The van der Waals surface area contributed by atoms with Gasteiger partial charge >= 0.3 is 0 Å². The quantitative estimate of drug-likeness (QED) is 0.440. The van der Waals surface area contributed by atoms with E-state index in [1.165, 1.54) is 18.4 Å². The van der Waals surface area contributed by atoms with Crippen LogP contribution in [0.4, 0.5) is 11.4 Å². The number of nitro benzene ring substituents is 1. The maximum absolute atomic E-state index is 12.4. The lowest BCUT2D eigenvalue weighted by atomic mass is 10.2. The van der Waals surface area contributed by atoms with Gasteiger partial charge in [-0.3, -0.25) is 19.8 Å². The highest BCUT2D eigenvalue weighted by Gasteiger charge is 2.19. The van der Waals surface area contributed by atoms with E-state index in [0.29, 0.717) is 18.2 Å². The van der Waals surface area contributed by atoms with Crippen molar-refractivity contribution in [3.05, 3.63) is 58.7 Å². The molecular formula is C18H19N5O5. The zero-order chi connectivity index (χ0) is 19.9. The van der Waals surface area contributed by atoms with Crippen LogP contribution in [0.3, 0.4) is 0 Å². The molecule has 1 amide bonds. The lowest BCUT2D eigenvalue weighted by molar-refractivity contribution is -0.383. The molecule has 3 aromatic rings. The summed E-state index contributed by atoms with van der Waals surface area (Å²) in [6, 6.07) is 9.43. The van der Waals surface area contributed by atoms with Crippen LogP contribution in [0.25, 0.3) is 11.7 Å². The summed E-state index contributed by atoms with van der Waals surface area (Å²) in [5, 5.41) is 21.6. The highest BCUT2D eigenvalue weighted by molar-refractivity contribution is 5.94. The van der Waals surface area contributed by atoms with E-state index in [1.807, 2.05) is 11.8 Å². The Labute approximate surface area is 160 Å². The van der Waals surface area contributed by atoms with E-state index in [2.05, 4.69) is 15.5 Å². The molecule has 0 aliphatic heterocycles. The second-order valence-corrected chi connectivity index (χ2v) is 6.01. The number of carbonyl (C=O) groups excluding carboxylic acids is 1. The smallest absolute Gasteiger partial charge is 0.292 e. The number of rotatable bonds is 9. The highest BCUT2D eigenvalue weighted by Crippen LogP contribution is 2.23. The summed E-state index contributed by atoms with van der Waals surface area (Å²) in [5.74, 6) is 0.711. The van der Waals surface area contributed by atoms with Gasteiger partial charge in [0, 0.05) is 6.07 Å². The van der Waals surface area contributed by atoms with Gasteiger partial charge in [-0.05, 0) is 31.2 Å². The number of furan rings is 1. The van der Waals surface area contributed by atoms with Crippen molar-refractivity contribution in [2.24, 2.45) is 0 Å². The van der Waals surface area contributed by atoms with Crippen LogP contribution in [0.2, 0.25) is 0 Å². The number of amides is 1. The number of para-hydroxylation sites is 2. The predicted octanol–water partition coefficient (Wildman–Crippen LogP) is 3.09. The minimum absolute atomic E-state index is 0.0261. The molecule has 1 aromatic carbocycles.